The van der Waals surface area contributed by atoms with Crippen LogP contribution in [0.1, 0.15) is 53.1 Å². The fourth-order valence-corrected chi connectivity index (χ4v) is 10.2. The van der Waals surface area contributed by atoms with Gasteiger partial charge in [0.05, 0.1) is 60.5 Å². The Labute approximate surface area is 361 Å². The highest BCUT2D eigenvalue weighted by Crippen LogP contribution is 2.68. The van der Waals surface area contributed by atoms with Crippen molar-refractivity contribution in [2.45, 2.75) is 48.6 Å². The molecule has 64 heavy (non-hydrogen) atoms. The van der Waals surface area contributed by atoms with Crippen LogP contribution in [-0.4, -0.2) is 78.5 Å². The Morgan fingerprint density at radius 1 is 0.953 bits per heavy atom. The highest BCUT2D eigenvalue weighted by Gasteiger charge is 2.67. The molecule has 334 valence electrons. The smallest absolute Gasteiger partial charge is 0.293 e. The van der Waals surface area contributed by atoms with Crippen molar-refractivity contribution in [1.29, 1.82) is 0 Å². The van der Waals surface area contributed by atoms with Gasteiger partial charge < -0.3 is 19.5 Å². The van der Waals surface area contributed by atoms with Gasteiger partial charge in [0, 0.05) is 37.1 Å². The number of rotatable bonds is 13. The summed E-state index contributed by atoms with van der Waals surface area (Å²) < 4.78 is 135. The summed E-state index contributed by atoms with van der Waals surface area (Å²) in [6.07, 6.45) is -3.64. The van der Waals surface area contributed by atoms with Crippen molar-refractivity contribution in [3.05, 3.63) is 129 Å². The standard InChI is InChI=1S/C44H38F6N6O7S/c1-61-34-4-3-5-35(62-2)37(34)24-6-11-29-32(19-24)52-42(56(43(29)58)27-7-9-28(10-8-27)64(59,60)54-12-14-63-15-13-54)33(18-23-16-25(45)20-26(46)17-23)51-36(57)22-55-40-38(39(53-55)41(47)48)30-21-31(30)44(40,49)50/h3-11,16-17,19-20,30-31,33,41H,12-15,18,21-22H2,1-2H3,(H,51,57)/t30-,31+,33-/m0/s1. The molecule has 3 aliphatic rings. The van der Waals surface area contributed by atoms with Crippen LogP contribution < -0.4 is 20.3 Å². The van der Waals surface area contributed by atoms with E-state index in [0.717, 1.165) is 16.7 Å². The molecule has 1 amide bonds. The Bertz CT molecular complexity index is 2950. The normalized spacial score (nSPS) is 18.5. The van der Waals surface area contributed by atoms with Crippen molar-refractivity contribution in [2.24, 2.45) is 5.92 Å². The monoisotopic (exact) mass is 908 g/mol. The molecule has 0 radical (unpaired) electrons. The van der Waals surface area contributed by atoms with Gasteiger partial charge in [0.2, 0.25) is 15.9 Å². The summed E-state index contributed by atoms with van der Waals surface area (Å²) in [6, 6.07) is 16.2. The Hall–Kier alpha value is -6.25. The topological polar surface area (TPSA) is 147 Å². The van der Waals surface area contributed by atoms with Gasteiger partial charge in [0.1, 0.15) is 46.9 Å². The Morgan fingerprint density at radius 2 is 1.62 bits per heavy atom. The summed E-state index contributed by atoms with van der Waals surface area (Å²) in [5.74, 6) is -7.93. The van der Waals surface area contributed by atoms with E-state index in [2.05, 4.69) is 10.4 Å². The zero-order chi connectivity index (χ0) is 45.2. The van der Waals surface area contributed by atoms with E-state index in [9.17, 15) is 35.6 Å². The summed E-state index contributed by atoms with van der Waals surface area (Å²) >= 11 is 0. The SMILES string of the molecule is COc1cccc(OC)c1-c1ccc2c(=O)n(-c3ccc(S(=O)(=O)N4CCOCC4)cc3)c([C@H](Cc3cc(F)cc(F)c3)NC(=O)Cn3nc(C(F)F)c4c3C(F)(F)[C@@H]3C[C@H]43)nc2c1. The fraction of sp³-hybridized carbons (Fsp3) is 0.318. The number of fused-ring (bicyclic) bond motifs is 4. The molecule has 3 atom stereocenters. The minimum absolute atomic E-state index is 0.000709. The molecule has 1 N–H and O–H groups in total. The summed E-state index contributed by atoms with van der Waals surface area (Å²) in [6.45, 7) is -0.326. The van der Waals surface area contributed by atoms with Crippen LogP contribution in [0.3, 0.4) is 0 Å². The van der Waals surface area contributed by atoms with Crippen molar-refractivity contribution in [3.8, 4) is 28.3 Å². The zero-order valence-electron chi connectivity index (χ0n) is 34.0. The number of carbonyl (C=O) groups is 1. The minimum atomic E-state index is -3.99. The number of methoxy groups -OCH3 is 2. The van der Waals surface area contributed by atoms with E-state index < -0.39 is 87.7 Å². The van der Waals surface area contributed by atoms with Crippen molar-refractivity contribution >= 4 is 26.8 Å². The Kier molecular flexibility index (Phi) is 11.0. The molecule has 0 bridgehead atoms. The number of carbonyl (C=O) groups excluding carboxylic acids is 1. The Morgan fingerprint density at radius 3 is 2.27 bits per heavy atom. The number of nitrogens with zero attached hydrogens (tertiary/aromatic N) is 5. The van der Waals surface area contributed by atoms with Crippen LogP contribution in [0.2, 0.25) is 0 Å². The molecular weight excluding hydrogens is 871 g/mol. The predicted molar refractivity (Wildman–Crippen MR) is 218 cm³/mol. The van der Waals surface area contributed by atoms with Gasteiger partial charge >= 0.3 is 0 Å². The van der Waals surface area contributed by atoms with Crippen LogP contribution in [0, 0.1) is 17.6 Å². The number of hydrogen-bond donors (Lipinski definition) is 1. The van der Waals surface area contributed by atoms with E-state index in [0.29, 0.717) is 33.4 Å². The minimum Gasteiger partial charge on any atom is -0.496 e. The van der Waals surface area contributed by atoms with Crippen LogP contribution in [0.15, 0.2) is 88.6 Å². The third-order valence-electron chi connectivity index (χ3n) is 11.8. The van der Waals surface area contributed by atoms with Gasteiger partial charge in [-0.15, -0.1) is 0 Å². The van der Waals surface area contributed by atoms with Crippen LogP contribution in [0.25, 0.3) is 27.7 Å². The van der Waals surface area contributed by atoms with Crippen molar-refractivity contribution in [2.75, 3.05) is 40.5 Å². The number of halogens is 6. The summed E-state index contributed by atoms with van der Waals surface area (Å²) in [7, 11) is -1.07. The van der Waals surface area contributed by atoms with Gasteiger partial charge in [0.25, 0.3) is 17.9 Å². The number of hydrogen-bond acceptors (Lipinski definition) is 9. The highest BCUT2D eigenvalue weighted by atomic mass is 32.2. The highest BCUT2D eigenvalue weighted by molar-refractivity contribution is 7.89. The fourth-order valence-electron chi connectivity index (χ4n) is 8.81. The molecular formula is C44H38F6N6O7S. The molecule has 1 saturated carbocycles. The van der Waals surface area contributed by atoms with Gasteiger partial charge in [-0.3, -0.25) is 18.8 Å². The first kappa shape index (κ1) is 43.0. The van der Waals surface area contributed by atoms with Crippen LogP contribution in [0.4, 0.5) is 26.3 Å². The third kappa shape index (κ3) is 7.55. The number of alkyl halides is 4. The second-order valence-electron chi connectivity index (χ2n) is 15.7. The van der Waals surface area contributed by atoms with Crippen molar-refractivity contribution < 1.29 is 53.8 Å². The first-order chi connectivity index (χ1) is 30.6. The predicted octanol–water partition coefficient (Wildman–Crippen LogP) is 6.81. The van der Waals surface area contributed by atoms with Gasteiger partial charge in [-0.25, -0.2) is 31.0 Å². The first-order valence-corrected chi connectivity index (χ1v) is 21.5. The quantitative estimate of drug-likeness (QED) is 0.124. The van der Waals surface area contributed by atoms with E-state index in [1.165, 1.54) is 48.9 Å². The number of morpholine rings is 1. The average Bonchev–Trinajstić information content (AvgIpc) is 3.94. The van der Waals surface area contributed by atoms with Gasteiger partial charge in [-0.1, -0.05) is 12.1 Å². The first-order valence-electron chi connectivity index (χ1n) is 20.1. The molecule has 2 fully saturated rings. The maximum atomic E-state index is 15.5. The maximum absolute atomic E-state index is 15.5. The second kappa shape index (κ2) is 16.4. The largest absolute Gasteiger partial charge is 0.496 e. The van der Waals surface area contributed by atoms with Gasteiger partial charge in [-0.2, -0.15) is 18.2 Å². The molecule has 2 aliphatic carbocycles. The average molecular weight is 909 g/mol. The van der Waals surface area contributed by atoms with Crippen molar-refractivity contribution in [1.82, 2.24) is 29.0 Å². The molecule has 13 nitrogen and oxygen atoms in total. The van der Waals surface area contributed by atoms with E-state index in [1.807, 2.05) is 0 Å². The summed E-state index contributed by atoms with van der Waals surface area (Å²) in [4.78, 5) is 33.7. The molecule has 0 spiro atoms. The molecule has 9 rings (SSSR count). The molecule has 1 aliphatic heterocycles. The number of amides is 1. The number of aromatic nitrogens is 4. The van der Waals surface area contributed by atoms with Crippen LogP contribution in [-0.2, 0) is 38.4 Å². The summed E-state index contributed by atoms with van der Waals surface area (Å²) in [5.41, 5.74) is -1.50. The van der Waals surface area contributed by atoms with E-state index in [-0.39, 0.29) is 71.2 Å². The lowest BCUT2D eigenvalue weighted by Crippen LogP contribution is -2.40. The van der Waals surface area contributed by atoms with E-state index in [4.69, 9.17) is 19.2 Å². The lowest BCUT2D eigenvalue weighted by atomic mass is 10.0. The molecule has 3 heterocycles. The molecule has 1 saturated heterocycles. The molecule has 20 heteroatoms. The number of ether oxygens (including phenoxy) is 3. The molecule has 4 aromatic carbocycles. The lowest BCUT2D eigenvalue weighted by Gasteiger charge is -2.26. The Balaban J connectivity index is 1.20. The van der Waals surface area contributed by atoms with Gasteiger partial charge in [0.15, 0.2) is 0 Å². The number of nitrogens with one attached hydrogen (secondary N) is 1. The third-order valence-corrected chi connectivity index (χ3v) is 13.7. The van der Waals surface area contributed by atoms with Crippen LogP contribution >= 0.6 is 0 Å². The van der Waals surface area contributed by atoms with Gasteiger partial charge in [-0.05, 0) is 84.1 Å². The second-order valence-corrected chi connectivity index (χ2v) is 17.6. The van der Waals surface area contributed by atoms with E-state index >= 15 is 8.78 Å². The number of benzene rings is 4. The van der Waals surface area contributed by atoms with E-state index in [1.54, 1.807) is 30.3 Å². The van der Waals surface area contributed by atoms with Crippen LogP contribution in [0.5, 0.6) is 11.5 Å². The molecule has 0 unspecified atom stereocenters. The lowest BCUT2D eigenvalue weighted by molar-refractivity contribution is -0.123. The zero-order valence-corrected chi connectivity index (χ0v) is 34.9. The maximum Gasteiger partial charge on any atom is 0.293 e. The molecule has 2 aromatic heterocycles. The summed E-state index contributed by atoms with van der Waals surface area (Å²) in [5, 5.41) is 6.47. The number of sulfonamides is 1. The molecule has 6 aromatic rings. The van der Waals surface area contributed by atoms with Crippen molar-refractivity contribution in [3.63, 3.8) is 0 Å².